The van der Waals surface area contributed by atoms with Gasteiger partial charge in [-0.1, -0.05) is 78.9 Å². The molecule has 4 N–H and O–H groups in total. The Kier molecular flexibility index (Phi) is 5.77. The zero-order valence-electron chi connectivity index (χ0n) is 13.8. The van der Waals surface area contributed by atoms with Crippen molar-refractivity contribution in [2.75, 3.05) is 5.32 Å². The molecule has 0 saturated carbocycles. The number of rotatable bonds is 5. The maximum absolute atomic E-state index is 6.56. The van der Waals surface area contributed by atoms with Crippen molar-refractivity contribution in [1.82, 2.24) is 5.32 Å². The average molecular weight is 347 g/mol. The summed E-state index contributed by atoms with van der Waals surface area (Å²) in [5.74, 6) is 0. The quantitative estimate of drug-likeness (QED) is 0.598. The number of benzene rings is 3. The SMILES string of the molecule is NC(c1ccccc1)C(NC(=S)Nc1ccccc1)c1ccccc1. The van der Waals surface area contributed by atoms with Gasteiger partial charge in [-0.3, -0.25) is 0 Å². The molecule has 0 bridgehead atoms. The van der Waals surface area contributed by atoms with E-state index in [0.717, 1.165) is 16.8 Å². The van der Waals surface area contributed by atoms with Crippen LogP contribution in [-0.2, 0) is 0 Å². The van der Waals surface area contributed by atoms with Crippen molar-refractivity contribution in [3.63, 3.8) is 0 Å². The van der Waals surface area contributed by atoms with Crippen LogP contribution in [0.2, 0.25) is 0 Å². The average Bonchev–Trinajstić information content (AvgIpc) is 2.68. The van der Waals surface area contributed by atoms with Crippen LogP contribution in [0.3, 0.4) is 0 Å². The van der Waals surface area contributed by atoms with Gasteiger partial charge in [0.05, 0.1) is 12.1 Å². The van der Waals surface area contributed by atoms with Crippen LogP contribution in [-0.4, -0.2) is 5.11 Å². The zero-order chi connectivity index (χ0) is 17.5. The van der Waals surface area contributed by atoms with E-state index in [1.54, 1.807) is 0 Å². The largest absolute Gasteiger partial charge is 0.354 e. The standard InChI is InChI=1S/C21H21N3S/c22-19(16-10-4-1-5-11-16)20(17-12-6-2-7-13-17)24-21(25)23-18-14-8-3-9-15-18/h1-15,19-20H,22H2,(H2,23,24,25). The molecule has 0 saturated heterocycles. The number of nitrogens with two attached hydrogens (primary N) is 1. The molecule has 0 fully saturated rings. The summed E-state index contributed by atoms with van der Waals surface area (Å²) in [7, 11) is 0. The van der Waals surface area contributed by atoms with Crippen LogP contribution in [0.1, 0.15) is 23.2 Å². The lowest BCUT2D eigenvalue weighted by Gasteiger charge is -2.27. The monoisotopic (exact) mass is 347 g/mol. The molecule has 4 heteroatoms. The first-order valence-electron chi connectivity index (χ1n) is 8.22. The van der Waals surface area contributed by atoms with Gasteiger partial charge >= 0.3 is 0 Å². The molecule has 126 valence electrons. The minimum absolute atomic E-state index is 0.132. The molecular weight excluding hydrogens is 326 g/mol. The topological polar surface area (TPSA) is 50.1 Å². The fourth-order valence-corrected chi connectivity index (χ4v) is 2.98. The lowest BCUT2D eigenvalue weighted by molar-refractivity contribution is 0.527. The number of para-hydroxylation sites is 1. The van der Waals surface area contributed by atoms with Crippen molar-refractivity contribution in [3.05, 3.63) is 102 Å². The summed E-state index contributed by atoms with van der Waals surface area (Å²) in [5.41, 5.74) is 9.66. The Balaban J connectivity index is 1.80. The molecule has 0 amide bonds. The van der Waals surface area contributed by atoms with Gasteiger partial charge in [-0.2, -0.15) is 0 Å². The van der Waals surface area contributed by atoms with E-state index < -0.39 is 0 Å². The summed E-state index contributed by atoms with van der Waals surface area (Å²) in [6.07, 6.45) is 0. The molecular formula is C21H21N3S. The lowest BCUT2D eigenvalue weighted by Crippen LogP contribution is -2.38. The fraction of sp³-hybridized carbons (Fsp3) is 0.0952. The zero-order valence-corrected chi connectivity index (χ0v) is 14.6. The van der Waals surface area contributed by atoms with Crippen molar-refractivity contribution in [1.29, 1.82) is 0 Å². The number of hydrogen-bond acceptors (Lipinski definition) is 2. The molecule has 25 heavy (non-hydrogen) atoms. The highest BCUT2D eigenvalue weighted by atomic mass is 32.1. The van der Waals surface area contributed by atoms with Crippen molar-refractivity contribution in [2.45, 2.75) is 12.1 Å². The number of anilines is 1. The summed E-state index contributed by atoms with van der Waals surface area (Å²) >= 11 is 5.50. The third kappa shape index (κ3) is 4.66. The van der Waals surface area contributed by atoms with E-state index in [4.69, 9.17) is 18.0 Å². The van der Waals surface area contributed by atoms with Crippen LogP contribution >= 0.6 is 12.2 Å². The van der Waals surface area contributed by atoms with E-state index in [9.17, 15) is 0 Å². The highest BCUT2D eigenvalue weighted by molar-refractivity contribution is 7.80. The second-order valence-corrected chi connectivity index (χ2v) is 6.20. The van der Waals surface area contributed by atoms with Gasteiger partial charge in [0.25, 0.3) is 0 Å². The summed E-state index contributed by atoms with van der Waals surface area (Å²) in [4.78, 5) is 0. The fourth-order valence-electron chi connectivity index (χ4n) is 2.74. The van der Waals surface area contributed by atoms with Crippen LogP contribution in [0.15, 0.2) is 91.0 Å². The smallest absolute Gasteiger partial charge is 0.171 e. The van der Waals surface area contributed by atoms with Gasteiger partial charge < -0.3 is 16.4 Å². The number of thiocarbonyl (C=S) groups is 1. The summed E-state index contributed by atoms with van der Waals surface area (Å²) in [5, 5.41) is 7.14. The van der Waals surface area contributed by atoms with Crippen molar-refractivity contribution in [2.24, 2.45) is 5.73 Å². The lowest BCUT2D eigenvalue weighted by atomic mass is 9.94. The van der Waals surface area contributed by atoms with Crippen molar-refractivity contribution >= 4 is 23.0 Å². The summed E-state index contributed by atoms with van der Waals surface area (Å²) < 4.78 is 0. The summed E-state index contributed by atoms with van der Waals surface area (Å²) in [6, 6.07) is 29.7. The van der Waals surface area contributed by atoms with Crippen LogP contribution in [0.25, 0.3) is 0 Å². The molecule has 0 radical (unpaired) electrons. The molecule has 0 spiro atoms. The number of nitrogens with one attached hydrogen (secondary N) is 2. The van der Waals surface area contributed by atoms with Gasteiger partial charge in [-0.05, 0) is 35.5 Å². The Morgan fingerprint density at radius 1 is 0.720 bits per heavy atom. The van der Waals surface area contributed by atoms with Gasteiger partial charge in [0.1, 0.15) is 0 Å². The molecule has 0 aliphatic rings. The second kappa shape index (κ2) is 8.42. The van der Waals surface area contributed by atoms with Crippen LogP contribution < -0.4 is 16.4 Å². The molecule has 3 rings (SSSR count). The Bertz CT molecular complexity index is 791. The molecule has 2 atom stereocenters. The molecule has 2 unspecified atom stereocenters. The van der Waals surface area contributed by atoms with Crippen LogP contribution in [0.5, 0.6) is 0 Å². The predicted octanol–water partition coefficient (Wildman–Crippen LogP) is 4.41. The Labute approximate surface area is 153 Å². The predicted molar refractivity (Wildman–Crippen MR) is 108 cm³/mol. The van der Waals surface area contributed by atoms with Crippen LogP contribution in [0, 0.1) is 0 Å². The van der Waals surface area contributed by atoms with Gasteiger partial charge in [0.2, 0.25) is 0 Å². The van der Waals surface area contributed by atoms with E-state index in [1.807, 2.05) is 78.9 Å². The Morgan fingerprint density at radius 2 is 1.20 bits per heavy atom. The van der Waals surface area contributed by atoms with Gasteiger partial charge in [-0.25, -0.2) is 0 Å². The maximum atomic E-state index is 6.56. The van der Waals surface area contributed by atoms with E-state index in [2.05, 4.69) is 22.8 Å². The first-order valence-corrected chi connectivity index (χ1v) is 8.63. The summed E-state index contributed by atoms with van der Waals surface area (Å²) in [6.45, 7) is 0. The Morgan fingerprint density at radius 3 is 1.76 bits per heavy atom. The molecule has 3 nitrogen and oxygen atoms in total. The van der Waals surface area contributed by atoms with E-state index in [0.29, 0.717) is 5.11 Å². The highest BCUT2D eigenvalue weighted by Gasteiger charge is 2.22. The normalized spacial score (nSPS) is 12.8. The van der Waals surface area contributed by atoms with Crippen molar-refractivity contribution in [3.8, 4) is 0 Å². The first-order chi connectivity index (χ1) is 12.2. The van der Waals surface area contributed by atoms with Crippen molar-refractivity contribution < 1.29 is 0 Å². The van der Waals surface area contributed by atoms with Gasteiger partial charge in [0.15, 0.2) is 5.11 Å². The third-order valence-corrected chi connectivity index (χ3v) is 4.24. The minimum Gasteiger partial charge on any atom is -0.354 e. The molecule has 0 heterocycles. The molecule has 0 aliphatic carbocycles. The second-order valence-electron chi connectivity index (χ2n) is 5.79. The first kappa shape index (κ1) is 17.1. The molecule has 0 aliphatic heterocycles. The third-order valence-electron chi connectivity index (χ3n) is 4.02. The number of hydrogen-bond donors (Lipinski definition) is 3. The van der Waals surface area contributed by atoms with E-state index in [1.165, 1.54) is 0 Å². The Hall–Kier alpha value is -2.69. The minimum atomic E-state index is -0.223. The highest BCUT2D eigenvalue weighted by Crippen LogP contribution is 2.26. The molecule has 0 aromatic heterocycles. The van der Waals surface area contributed by atoms with Gasteiger partial charge in [-0.15, -0.1) is 0 Å². The van der Waals surface area contributed by atoms with E-state index in [-0.39, 0.29) is 12.1 Å². The van der Waals surface area contributed by atoms with E-state index >= 15 is 0 Å². The van der Waals surface area contributed by atoms with Crippen LogP contribution in [0.4, 0.5) is 5.69 Å². The molecule has 3 aromatic carbocycles. The maximum Gasteiger partial charge on any atom is 0.171 e. The molecule has 3 aromatic rings. The van der Waals surface area contributed by atoms with Gasteiger partial charge in [0, 0.05) is 5.69 Å².